The highest BCUT2D eigenvalue weighted by atomic mass is 127. The number of benzene rings is 2. The van der Waals surface area contributed by atoms with Gasteiger partial charge in [-0.3, -0.25) is 10.1 Å². The Hall–Kier alpha value is -1.64. The van der Waals surface area contributed by atoms with Crippen molar-refractivity contribution in [2.24, 2.45) is 0 Å². The predicted molar refractivity (Wildman–Crippen MR) is 76.3 cm³/mol. The smallest absolute Gasteiger partial charge is 0.258 e. The molecule has 0 aliphatic carbocycles. The van der Waals surface area contributed by atoms with Gasteiger partial charge < -0.3 is 0 Å². The Morgan fingerprint density at radius 1 is 1.05 bits per heavy atom. The van der Waals surface area contributed by atoms with E-state index in [2.05, 4.69) is 0 Å². The van der Waals surface area contributed by atoms with Gasteiger partial charge in [0.15, 0.2) is 0 Å². The average Bonchev–Trinajstić information content (AvgIpc) is 2.37. The minimum absolute atomic E-state index is 0.0509. The van der Waals surface area contributed by atoms with Crippen LogP contribution in [0.5, 0.6) is 0 Å². The summed E-state index contributed by atoms with van der Waals surface area (Å²) in [4.78, 5) is 10.1. The Morgan fingerprint density at radius 3 is 2.10 bits per heavy atom. The van der Waals surface area contributed by atoms with Crippen LogP contribution in [0.3, 0.4) is 0 Å². The SMILES string of the molecule is O=[N+]([O-])c1ccc(-c2ccc(C(F)(F)F)cc2)c(I)c1. The van der Waals surface area contributed by atoms with Crippen LogP contribution in [-0.4, -0.2) is 4.92 Å². The molecule has 2 aromatic rings. The van der Waals surface area contributed by atoms with Crippen molar-refractivity contribution in [3.8, 4) is 11.1 Å². The van der Waals surface area contributed by atoms with Gasteiger partial charge in [-0.1, -0.05) is 12.1 Å². The van der Waals surface area contributed by atoms with Crippen LogP contribution >= 0.6 is 22.6 Å². The van der Waals surface area contributed by atoms with E-state index in [1.165, 1.54) is 30.3 Å². The molecule has 7 heteroatoms. The molecule has 0 saturated carbocycles. The van der Waals surface area contributed by atoms with Crippen LogP contribution in [0.1, 0.15) is 5.56 Å². The van der Waals surface area contributed by atoms with E-state index in [0.717, 1.165) is 12.1 Å². The molecule has 0 bridgehead atoms. The van der Waals surface area contributed by atoms with Gasteiger partial charge in [0.2, 0.25) is 0 Å². The molecule has 0 heterocycles. The molecule has 20 heavy (non-hydrogen) atoms. The molecule has 0 saturated heterocycles. The number of hydrogen-bond donors (Lipinski definition) is 0. The summed E-state index contributed by atoms with van der Waals surface area (Å²) in [5.74, 6) is 0. The second kappa shape index (κ2) is 5.39. The van der Waals surface area contributed by atoms with Crippen LogP contribution in [0.25, 0.3) is 11.1 Å². The van der Waals surface area contributed by atoms with Crippen molar-refractivity contribution in [3.63, 3.8) is 0 Å². The number of nitrogens with zero attached hydrogens (tertiary/aromatic N) is 1. The number of alkyl halides is 3. The first-order valence-corrected chi connectivity index (χ1v) is 6.48. The quantitative estimate of drug-likeness (QED) is 0.415. The maximum atomic E-state index is 12.5. The third kappa shape index (κ3) is 3.09. The van der Waals surface area contributed by atoms with E-state index in [1.807, 2.05) is 22.6 Å². The lowest BCUT2D eigenvalue weighted by Gasteiger charge is -2.09. The molecule has 0 radical (unpaired) electrons. The zero-order valence-electron chi connectivity index (χ0n) is 9.82. The number of rotatable bonds is 2. The Labute approximate surface area is 125 Å². The summed E-state index contributed by atoms with van der Waals surface area (Å²) in [7, 11) is 0. The van der Waals surface area contributed by atoms with Crippen molar-refractivity contribution in [3.05, 3.63) is 61.7 Å². The van der Waals surface area contributed by atoms with Gasteiger partial charge in [-0.05, 0) is 51.9 Å². The lowest BCUT2D eigenvalue weighted by atomic mass is 10.0. The van der Waals surface area contributed by atoms with Gasteiger partial charge in [-0.25, -0.2) is 0 Å². The molecule has 0 fully saturated rings. The first-order chi connectivity index (χ1) is 9.29. The second-order valence-electron chi connectivity index (χ2n) is 4.00. The molecular weight excluding hydrogens is 386 g/mol. The van der Waals surface area contributed by atoms with Crippen LogP contribution in [-0.2, 0) is 6.18 Å². The minimum atomic E-state index is -4.37. The molecule has 0 N–H and O–H groups in total. The first-order valence-electron chi connectivity index (χ1n) is 5.40. The second-order valence-corrected chi connectivity index (χ2v) is 5.16. The Bertz CT molecular complexity index is 654. The number of nitro groups is 1. The lowest BCUT2D eigenvalue weighted by Crippen LogP contribution is -2.04. The fourth-order valence-corrected chi connectivity index (χ4v) is 2.50. The molecule has 0 spiro atoms. The van der Waals surface area contributed by atoms with Crippen LogP contribution in [0.2, 0.25) is 0 Å². The molecule has 0 unspecified atom stereocenters. The summed E-state index contributed by atoms with van der Waals surface area (Å²) in [6.45, 7) is 0. The molecule has 0 atom stereocenters. The normalized spacial score (nSPS) is 11.4. The molecule has 2 rings (SSSR count). The number of nitro benzene ring substituents is 1. The van der Waals surface area contributed by atoms with Crippen molar-refractivity contribution in [1.29, 1.82) is 0 Å². The van der Waals surface area contributed by atoms with Crippen LogP contribution in [0.4, 0.5) is 18.9 Å². The van der Waals surface area contributed by atoms with Gasteiger partial charge in [0.1, 0.15) is 0 Å². The maximum Gasteiger partial charge on any atom is 0.416 e. The fraction of sp³-hybridized carbons (Fsp3) is 0.0769. The van der Waals surface area contributed by atoms with E-state index in [4.69, 9.17) is 0 Å². The van der Waals surface area contributed by atoms with Crippen molar-refractivity contribution >= 4 is 28.3 Å². The average molecular weight is 393 g/mol. The van der Waals surface area contributed by atoms with Crippen molar-refractivity contribution in [2.45, 2.75) is 6.18 Å². The fourth-order valence-electron chi connectivity index (χ4n) is 1.69. The van der Waals surface area contributed by atoms with Crippen molar-refractivity contribution in [2.75, 3.05) is 0 Å². The summed E-state index contributed by atoms with van der Waals surface area (Å²) in [6.07, 6.45) is -4.37. The topological polar surface area (TPSA) is 43.1 Å². The third-order valence-electron chi connectivity index (χ3n) is 2.69. The molecule has 0 aliphatic heterocycles. The van der Waals surface area contributed by atoms with Gasteiger partial charge in [-0.2, -0.15) is 13.2 Å². The maximum absolute atomic E-state index is 12.5. The molecule has 0 amide bonds. The zero-order chi connectivity index (χ0) is 14.9. The van der Waals surface area contributed by atoms with E-state index in [9.17, 15) is 23.3 Å². The lowest BCUT2D eigenvalue weighted by molar-refractivity contribution is -0.384. The Kier molecular flexibility index (Phi) is 3.98. The first kappa shape index (κ1) is 14.8. The van der Waals surface area contributed by atoms with Crippen LogP contribution in [0, 0.1) is 13.7 Å². The van der Waals surface area contributed by atoms with Crippen molar-refractivity contribution < 1.29 is 18.1 Å². The minimum Gasteiger partial charge on any atom is -0.258 e. The molecular formula is C13H7F3INO2. The monoisotopic (exact) mass is 393 g/mol. The van der Waals surface area contributed by atoms with E-state index in [-0.39, 0.29) is 5.69 Å². The van der Waals surface area contributed by atoms with Gasteiger partial charge in [0.25, 0.3) is 5.69 Å². The van der Waals surface area contributed by atoms with Gasteiger partial charge in [0.05, 0.1) is 10.5 Å². The number of non-ortho nitro benzene ring substituents is 1. The van der Waals surface area contributed by atoms with E-state index in [0.29, 0.717) is 14.7 Å². The third-order valence-corrected chi connectivity index (χ3v) is 3.58. The largest absolute Gasteiger partial charge is 0.416 e. The Balaban J connectivity index is 2.40. The summed E-state index contributed by atoms with van der Waals surface area (Å²) in [5.41, 5.74) is 0.463. The molecule has 0 aliphatic rings. The highest BCUT2D eigenvalue weighted by Crippen LogP contribution is 2.33. The number of halogens is 4. The summed E-state index contributed by atoms with van der Waals surface area (Å²) in [6, 6.07) is 8.93. The van der Waals surface area contributed by atoms with Crippen LogP contribution in [0.15, 0.2) is 42.5 Å². The van der Waals surface area contributed by atoms with E-state index >= 15 is 0 Å². The van der Waals surface area contributed by atoms with E-state index < -0.39 is 16.7 Å². The van der Waals surface area contributed by atoms with Crippen LogP contribution < -0.4 is 0 Å². The Morgan fingerprint density at radius 2 is 1.65 bits per heavy atom. The highest BCUT2D eigenvalue weighted by Gasteiger charge is 2.30. The molecule has 2 aromatic carbocycles. The molecule has 0 aromatic heterocycles. The predicted octanol–water partition coefficient (Wildman–Crippen LogP) is 4.89. The molecule has 104 valence electrons. The van der Waals surface area contributed by atoms with Gasteiger partial charge in [0, 0.05) is 15.7 Å². The number of hydrogen-bond acceptors (Lipinski definition) is 2. The highest BCUT2D eigenvalue weighted by molar-refractivity contribution is 14.1. The van der Waals surface area contributed by atoms with E-state index in [1.54, 1.807) is 0 Å². The standard InChI is InChI=1S/C13H7F3INO2/c14-13(15,16)9-3-1-8(2-4-9)11-6-5-10(18(19)20)7-12(11)17/h1-7H. The summed E-state index contributed by atoms with van der Waals surface area (Å²) < 4.78 is 38.0. The molecule has 3 nitrogen and oxygen atoms in total. The van der Waals surface area contributed by atoms with Crippen molar-refractivity contribution in [1.82, 2.24) is 0 Å². The summed E-state index contributed by atoms with van der Waals surface area (Å²) in [5, 5.41) is 10.6. The van der Waals surface area contributed by atoms with Gasteiger partial charge in [-0.15, -0.1) is 0 Å². The zero-order valence-corrected chi connectivity index (χ0v) is 12.0. The van der Waals surface area contributed by atoms with Gasteiger partial charge >= 0.3 is 6.18 Å². The summed E-state index contributed by atoms with van der Waals surface area (Å²) >= 11 is 1.92.